The normalized spacial score (nSPS) is 18.4. The van der Waals surface area contributed by atoms with Crippen molar-refractivity contribution < 1.29 is 27.9 Å². The zero-order chi connectivity index (χ0) is 40.6. The number of hydrogen-bond donors (Lipinski definition) is 0. The molecule has 0 saturated carbocycles. The summed E-state index contributed by atoms with van der Waals surface area (Å²) in [4.78, 5) is 0. The van der Waals surface area contributed by atoms with Gasteiger partial charge in [0.2, 0.25) is 8.32 Å². The fourth-order valence-electron chi connectivity index (χ4n) is 8.57. The van der Waals surface area contributed by atoms with Crippen molar-refractivity contribution in [1.82, 2.24) is 4.67 Å². The zero-order valence-corrected chi connectivity index (χ0v) is 37.3. The number of benzene rings is 4. The Bertz CT molecular complexity index is 1710. The summed E-state index contributed by atoms with van der Waals surface area (Å²) in [5.41, 5.74) is 3.68. The summed E-state index contributed by atoms with van der Waals surface area (Å²) >= 11 is 0. The van der Waals surface area contributed by atoms with Crippen LogP contribution in [0.1, 0.15) is 84.1 Å². The zero-order valence-electron chi connectivity index (χ0n) is 35.4. The van der Waals surface area contributed by atoms with E-state index in [1.54, 1.807) is 14.2 Å². The minimum absolute atomic E-state index is 0.256. The maximum atomic E-state index is 7.54. The average molecular weight is 796 g/mol. The SMILES string of the molecule is [B][C@H]1CC(O[Si](c2ccc(COP(C)N(C(C)C)C(C)C)cc2)(C(C)C)C(C)C)[C@@H](COC(c2ccccc2)(c2ccc(OC)cc2)c2ccc(OC)cc2)O1. The minimum Gasteiger partial charge on any atom is -0.497 e. The summed E-state index contributed by atoms with van der Waals surface area (Å²) in [7, 11) is 6.63. The quantitative estimate of drug-likeness (QED) is 0.0532. The van der Waals surface area contributed by atoms with Crippen molar-refractivity contribution in [2.24, 2.45) is 0 Å². The van der Waals surface area contributed by atoms with Crippen LogP contribution in [0.4, 0.5) is 0 Å². The van der Waals surface area contributed by atoms with Crippen LogP contribution in [0, 0.1) is 0 Å². The van der Waals surface area contributed by atoms with E-state index in [0.29, 0.717) is 36.2 Å². The molecule has 0 spiro atoms. The average Bonchev–Trinajstić information content (AvgIpc) is 3.54. The number of rotatable bonds is 19. The van der Waals surface area contributed by atoms with Gasteiger partial charge in [-0.15, -0.1) is 0 Å². The molecule has 7 nitrogen and oxygen atoms in total. The monoisotopic (exact) mass is 795 g/mol. The van der Waals surface area contributed by atoms with Gasteiger partial charge in [0.25, 0.3) is 0 Å². The predicted molar refractivity (Wildman–Crippen MR) is 234 cm³/mol. The van der Waals surface area contributed by atoms with Crippen LogP contribution in [-0.4, -0.2) is 78.6 Å². The second-order valence-electron chi connectivity index (χ2n) is 16.0. The molecule has 0 bridgehead atoms. The Morgan fingerprint density at radius 1 is 0.732 bits per heavy atom. The van der Waals surface area contributed by atoms with E-state index < -0.39 is 34.3 Å². The molecule has 1 fully saturated rings. The molecule has 1 saturated heterocycles. The highest BCUT2D eigenvalue weighted by atomic mass is 31.2. The van der Waals surface area contributed by atoms with Crippen molar-refractivity contribution in [1.29, 1.82) is 0 Å². The largest absolute Gasteiger partial charge is 0.497 e. The Morgan fingerprint density at radius 2 is 1.23 bits per heavy atom. The Kier molecular flexibility index (Phi) is 15.5. The van der Waals surface area contributed by atoms with E-state index in [1.807, 2.05) is 42.5 Å². The van der Waals surface area contributed by atoms with E-state index in [0.717, 1.165) is 33.8 Å². The molecule has 1 heterocycles. The van der Waals surface area contributed by atoms with E-state index in [1.165, 1.54) is 5.19 Å². The van der Waals surface area contributed by atoms with Crippen molar-refractivity contribution >= 4 is 29.6 Å². The van der Waals surface area contributed by atoms with Gasteiger partial charge >= 0.3 is 0 Å². The molecule has 300 valence electrons. The molecule has 4 atom stereocenters. The molecule has 0 aromatic heterocycles. The Balaban J connectivity index is 1.46. The van der Waals surface area contributed by atoms with Crippen molar-refractivity contribution in [2.45, 2.75) is 115 Å². The lowest BCUT2D eigenvalue weighted by Gasteiger charge is -2.43. The van der Waals surface area contributed by atoms with Crippen LogP contribution >= 0.6 is 8.30 Å². The van der Waals surface area contributed by atoms with Gasteiger partial charge in [0, 0.05) is 18.1 Å². The van der Waals surface area contributed by atoms with Crippen molar-refractivity contribution in [3.63, 3.8) is 0 Å². The topological polar surface area (TPSA) is 58.6 Å². The van der Waals surface area contributed by atoms with Crippen LogP contribution in [0.25, 0.3) is 0 Å². The maximum absolute atomic E-state index is 7.54. The van der Waals surface area contributed by atoms with Gasteiger partial charge in [0.1, 0.15) is 39.3 Å². The standard InChI is InChI=1S/C46H63BNO6PSi/c1-32(2)48(33(3)4)55(11)52-30-36-17-27-42(28-18-36)56(34(5)6,35(7)8)54-43-29-45(47)53-44(43)31-51-46(37-15-13-12-14-16-37,38-19-23-40(49-9)24-20-38)39-21-25-41(50-10)26-22-39/h12-28,32-35,43-45H,29-31H2,1-11H3/t43?,44-,45-,55?/m1/s1. The molecule has 56 heavy (non-hydrogen) atoms. The highest BCUT2D eigenvalue weighted by Crippen LogP contribution is 2.44. The van der Waals surface area contributed by atoms with Crippen LogP contribution in [0.2, 0.25) is 11.1 Å². The molecule has 0 amide bonds. The lowest BCUT2D eigenvalue weighted by Crippen LogP contribution is -2.59. The summed E-state index contributed by atoms with van der Waals surface area (Å²) in [5, 5.41) is 1.27. The van der Waals surface area contributed by atoms with E-state index in [9.17, 15) is 0 Å². The van der Waals surface area contributed by atoms with Crippen molar-refractivity contribution in [3.05, 3.63) is 125 Å². The molecule has 4 aromatic rings. The van der Waals surface area contributed by atoms with Crippen molar-refractivity contribution in [2.75, 3.05) is 27.5 Å². The third-order valence-corrected chi connectivity index (χ3v) is 18.6. The number of methoxy groups -OCH3 is 2. The fraction of sp³-hybridized carbons (Fsp3) is 0.478. The Morgan fingerprint density at radius 3 is 1.70 bits per heavy atom. The molecule has 2 unspecified atom stereocenters. The Hall–Kier alpha value is -3.01. The molecule has 0 aliphatic carbocycles. The number of nitrogens with zero attached hydrogens (tertiary/aromatic N) is 1. The summed E-state index contributed by atoms with van der Waals surface area (Å²) in [6.45, 7) is 21.2. The summed E-state index contributed by atoms with van der Waals surface area (Å²) < 4.78 is 41.4. The summed E-state index contributed by atoms with van der Waals surface area (Å²) in [6, 6.07) is 35.9. The van der Waals surface area contributed by atoms with E-state index in [2.05, 4.69) is 127 Å². The summed E-state index contributed by atoms with van der Waals surface area (Å²) in [6.07, 6.45) is -0.0681. The molecule has 0 N–H and O–H groups in total. The lowest BCUT2D eigenvalue weighted by molar-refractivity contribution is -0.0714. The third kappa shape index (κ3) is 9.64. The second kappa shape index (κ2) is 19.6. The van der Waals surface area contributed by atoms with Crippen molar-refractivity contribution in [3.8, 4) is 11.5 Å². The Labute approximate surface area is 340 Å². The van der Waals surface area contributed by atoms with Gasteiger partial charge in [-0.1, -0.05) is 107 Å². The molecule has 2 radical (unpaired) electrons. The van der Waals surface area contributed by atoms with Gasteiger partial charge < -0.3 is 27.9 Å². The number of ether oxygens (including phenoxy) is 4. The van der Waals surface area contributed by atoms with Gasteiger partial charge in [0.15, 0.2) is 0 Å². The molecule has 5 rings (SSSR count). The fourth-order valence-corrected chi connectivity index (χ4v) is 15.1. The first-order valence-electron chi connectivity index (χ1n) is 20.1. The smallest absolute Gasteiger partial charge is 0.229 e. The first kappa shape index (κ1) is 44.1. The van der Waals surface area contributed by atoms with Gasteiger partial charge in [0.05, 0.1) is 33.5 Å². The molecule has 1 aliphatic heterocycles. The molecule has 1 aliphatic rings. The number of hydrogen-bond acceptors (Lipinski definition) is 7. The van der Waals surface area contributed by atoms with E-state index >= 15 is 0 Å². The van der Waals surface area contributed by atoms with Gasteiger partial charge in [-0.3, -0.25) is 4.67 Å². The van der Waals surface area contributed by atoms with Gasteiger partial charge in [-0.05, 0) is 104 Å². The molecular weight excluding hydrogens is 732 g/mol. The van der Waals surface area contributed by atoms with E-state index in [4.69, 9.17) is 35.7 Å². The summed E-state index contributed by atoms with van der Waals surface area (Å²) in [5.74, 6) is 1.54. The van der Waals surface area contributed by atoms with Crippen LogP contribution in [0.3, 0.4) is 0 Å². The van der Waals surface area contributed by atoms with Crippen LogP contribution in [0.15, 0.2) is 103 Å². The van der Waals surface area contributed by atoms with Crippen LogP contribution in [0.5, 0.6) is 11.5 Å². The third-order valence-electron chi connectivity index (χ3n) is 11.1. The molecular formula is C46H63BNO6PSi. The maximum Gasteiger partial charge on any atom is 0.229 e. The van der Waals surface area contributed by atoms with Gasteiger partial charge in [-0.2, -0.15) is 0 Å². The molecule has 4 aromatic carbocycles. The predicted octanol–water partition coefficient (Wildman–Crippen LogP) is 9.93. The first-order chi connectivity index (χ1) is 26.8. The molecule has 10 heteroatoms. The second-order valence-corrected chi connectivity index (χ2v) is 22.4. The first-order valence-corrected chi connectivity index (χ1v) is 23.8. The lowest BCUT2D eigenvalue weighted by atomic mass is 9.80. The van der Waals surface area contributed by atoms with E-state index in [-0.39, 0.29) is 12.7 Å². The van der Waals surface area contributed by atoms with Crippen LogP contribution < -0.4 is 14.7 Å². The van der Waals surface area contributed by atoms with Gasteiger partial charge in [-0.25, -0.2) is 0 Å². The highest BCUT2D eigenvalue weighted by Gasteiger charge is 2.49. The van der Waals surface area contributed by atoms with Crippen LogP contribution in [-0.2, 0) is 30.6 Å². The minimum atomic E-state index is -2.63. The highest BCUT2D eigenvalue weighted by molar-refractivity contribution is 7.49.